The van der Waals surface area contributed by atoms with Crippen molar-refractivity contribution in [3.05, 3.63) is 0 Å². The smallest absolute Gasteiger partial charge is 0.106 e. The Kier molecular flexibility index (Phi) is 3.49. The fourth-order valence-electron chi connectivity index (χ4n) is 2.51. The van der Waals surface area contributed by atoms with Crippen LogP contribution < -0.4 is 0 Å². The predicted molar refractivity (Wildman–Crippen MR) is 62.3 cm³/mol. The zero-order valence-electron chi connectivity index (χ0n) is 9.21. The monoisotopic (exact) mass is 191 g/mol. The maximum atomic E-state index is 4.73. The second-order valence-corrected chi connectivity index (χ2v) is 4.52. The minimum Gasteiger partial charge on any atom is -0.360 e. The lowest BCUT2D eigenvalue weighted by molar-refractivity contribution is 0.332. The Hall–Kier alpha value is -0.465. The maximum absolute atomic E-state index is 4.73. The molecule has 2 nitrogen and oxygen atoms in total. The van der Waals surface area contributed by atoms with Crippen LogP contribution >= 0.6 is 0 Å². The van der Waals surface area contributed by atoms with Gasteiger partial charge in [0.15, 0.2) is 0 Å². The van der Waals surface area contributed by atoms with E-state index in [1.807, 2.05) is 0 Å². The molecule has 3 heteroatoms. The Morgan fingerprint density at radius 3 is 3.21 bits per heavy atom. The Labute approximate surface area is 88.0 Å². The molecule has 2 heterocycles. The fourth-order valence-corrected chi connectivity index (χ4v) is 2.51. The summed E-state index contributed by atoms with van der Waals surface area (Å²) in [6, 6.07) is 0. The molecule has 0 amide bonds. The molecule has 0 bridgehead atoms. The molecular weight excluding hydrogens is 171 g/mol. The van der Waals surface area contributed by atoms with Gasteiger partial charge in [0.05, 0.1) is 5.84 Å². The molecule has 1 radical (unpaired) electrons. The number of rotatable bonds is 2. The first-order valence-corrected chi connectivity index (χ1v) is 5.96. The molecule has 0 aromatic rings. The second-order valence-electron chi connectivity index (χ2n) is 4.52. The molecule has 1 unspecified atom stereocenters. The van der Waals surface area contributed by atoms with E-state index in [0.717, 1.165) is 12.5 Å². The number of fused-ring (bicyclic) bond motifs is 1. The topological polar surface area (TPSA) is 15.6 Å². The molecule has 2 aliphatic heterocycles. The van der Waals surface area contributed by atoms with Crippen molar-refractivity contribution in [1.29, 1.82) is 0 Å². The van der Waals surface area contributed by atoms with Crippen molar-refractivity contribution in [2.45, 2.75) is 38.8 Å². The lowest BCUT2D eigenvalue weighted by Gasteiger charge is -2.32. The van der Waals surface area contributed by atoms with Gasteiger partial charge in [-0.1, -0.05) is 19.6 Å². The molecule has 0 saturated carbocycles. The van der Waals surface area contributed by atoms with E-state index in [1.165, 1.54) is 50.9 Å². The summed E-state index contributed by atoms with van der Waals surface area (Å²) in [6.07, 6.45) is 6.55. The Bertz CT molecular complexity index is 215. The van der Waals surface area contributed by atoms with Crippen molar-refractivity contribution in [2.75, 3.05) is 19.6 Å². The Balaban J connectivity index is 1.96. The number of amidine groups is 1. The van der Waals surface area contributed by atoms with E-state index in [4.69, 9.17) is 4.99 Å². The highest BCUT2D eigenvalue weighted by Crippen LogP contribution is 2.20. The van der Waals surface area contributed by atoms with Crippen LogP contribution in [-0.2, 0) is 0 Å². The molecule has 1 atom stereocenters. The summed E-state index contributed by atoms with van der Waals surface area (Å²) >= 11 is 0. The van der Waals surface area contributed by atoms with E-state index in [2.05, 4.69) is 19.0 Å². The molecule has 0 aromatic carbocycles. The van der Waals surface area contributed by atoms with Gasteiger partial charge < -0.3 is 4.90 Å². The normalized spacial score (nSPS) is 27.6. The quantitative estimate of drug-likeness (QED) is 0.610. The first kappa shape index (κ1) is 10.1. The largest absolute Gasteiger partial charge is 0.360 e. The van der Waals surface area contributed by atoms with Gasteiger partial charge in [-0.25, -0.2) is 0 Å². The first-order chi connectivity index (χ1) is 6.90. The first-order valence-electron chi connectivity index (χ1n) is 5.96. The minimum absolute atomic E-state index is 0.779. The molecule has 2 aliphatic rings. The molecule has 1 fully saturated rings. The molecule has 2 rings (SSSR count). The van der Waals surface area contributed by atoms with Gasteiger partial charge >= 0.3 is 0 Å². The van der Waals surface area contributed by atoms with Crippen LogP contribution in [0.25, 0.3) is 0 Å². The number of hydrogen-bond acceptors (Lipinski definition) is 2. The molecule has 0 N–H and O–H groups in total. The van der Waals surface area contributed by atoms with Crippen molar-refractivity contribution >= 4 is 13.1 Å². The SMILES string of the molecule is C[B]CC1CN=C2CCCCCN2C1. The summed E-state index contributed by atoms with van der Waals surface area (Å²) in [7, 11) is 2.28. The summed E-state index contributed by atoms with van der Waals surface area (Å²) in [5, 5.41) is 0. The molecule has 0 aromatic heterocycles. The van der Waals surface area contributed by atoms with Crippen LogP contribution in [0, 0.1) is 5.92 Å². The number of nitrogens with zero attached hydrogens (tertiary/aromatic N) is 2. The lowest BCUT2D eigenvalue weighted by Crippen LogP contribution is -2.40. The van der Waals surface area contributed by atoms with Crippen molar-refractivity contribution < 1.29 is 0 Å². The summed E-state index contributed by atoms with van der Waals surface area (Å²) < 4.78 is 0. The van der Waals surface area contributed by atoms with Crippen LogP contribution in [0.4, 0.5) is 0 Å². The molecule has 0 aliphatic carbocycles. The minimum atomic E-state index is 0.779. The fraction of sp³-hybridized carbons (Fsp3) is 0.909. The summed E-state index contributed by atoms with van der Waals surface area (Å²) in [6.45, 7) is 5.72. The van der Waals surface area contributed by atoms with Crippen LogP contribution in [0.3, 0.4) is 0 Å². The van der Waals surface area contributed by atoms with Gasteiger partial charge in [-0.2, -0.15) is 0 Å². The van der Waals surface area contributed by atoms with Crippen molar-refractivity contribution in [3.8, 4) is 0 Å². The average Bonchev–Trinajstić information content (AvgIpc) is 2.42. The standard InChI is InChI=1S/C11H20BN2/c1-12-7-10-8-13-11-5-3-2-4-6-14(11)9-10/h10H,2-9H2,1H3. The molecule has 77 valence electrons. The van der Waals surface area contributed by atoms with Gasteiger partial charge in [-0.3, -0.25) is 4.99 Å². The van der Waals surface area contributed by atoms with E-state index in [0.29, 0.717) is 0 Å². The van der Waals surface area contributed by atoms with E-state index >= 15 is 0 Å². The van der Waals surface area contributed by atoms with Gasteiger partial charge in [-0.15, -0.1) is 0 Å². The molecular formula is C11H20BN2. The Morgan fingerprint density at radius 2 is 2.36 bits per heavy atom. The highest BCUT2D eigenvalue weighted by atomic mass is 15.2. The van der Waals surface area contributed by atoms with Crippen molar-refractivity contribution in [1.82, 2.24) is 4.90 Å². The van der Waals surface area contributed by atoms with Gasteiger partial charge in [0, 0.05) is 26.1 Å². The number of hydrogen-bond donors (Lipinski definition) is 0. The zero-order chi connectivity index (χ0) is 9.80. The highest BCUT2D eigenvalue weighted by molar-refractivity contribution is 6.33. The van der Waals surface area contributed by atoms with Gasteiger partial charge in [0.2, 0.25) is 0 Å². The van der Waals surface area contributed by atoms with E-state index in [1.54, 1.807) is 0 Å². The molecule has 14 heavy (non-hydrogen) atoms. The molecule has 0 spiro atoms. The zero-order valence-corrected chi connectivity index (χ0v) is 9.21. The van der Waals surface area contributed by atoms with Gasteiger partial charge in [-0.05, 0) is 18.8 Å². The van der Waals surface area contributed by atoms with Crippen LogP contribution in [0.1, 0.15) is 25.7 Å². The van der Waals surface area contributed by atoms with Crippen LogP contribution in [0.15, 0.2) is 4.99 Å². The summed E-state index contributed by atoms with van der Waals surface area (Å²) in [4.78, 5) is 7.27. The van der Waals surface area contributed by atoms with Crippen LogP contribution in [0.2, 0.25) is 13.1 Å². The lowest BCUT2D eigenvalue weighted by atomic mass is 9.72. The molecule has 1 saturated heterocycles. The van der Waals surface area contributed by atoms with E-state index < -0.39 is 0 Å². The average molecular weight is 191 g/mol. The highest BCUT2D eigenvalue weighted by Gasteiger charge is 2.22. The third-order valence-electron chi connectivity index (χ3n) is 3.27. The third-order valence-corrected chi connectivity index (χ3v) is 3.27. The van der Waals surface area contributed by atoms with Crippen LogP contribution in [-0.4, -0.2) is 37.6 Å². The van der Waals surface area contributed by atoms with E-state index in [9.17, 15) is 0 Å². The summed E-state index contributed by atoms with van der Waals surface area (Å²) in [5.41, 5.74) is 0. The van der Waals surface area contributed by atoms with Gasteiger partial charge in [0.25, 0.3) is 0 Å². The number of aliphatic imine (C=N–C) groups is 1. The van der Waals surface area contributed by atoms with Gasteiger partial charge in [0.1, 0.15) is 7.28 Å². The Morgan fingerprint density at radius 1 is 1.43 bits per heavy atom. The van der Waals surface area contributed by atoms with Crippen LogP contribution in [0.5, 0.6) is 0 Å². The van der Waals surface area contributed by atoms with Crippen molar-refractivity contribution in [2.24, 2.45) is 10.9 Å². The van der Waals surface area contributed by atoms with E-state index in [-0.39, 0.29) is 0 Å². The van der Waals surface area contributed by atoms with Crippen molar-refractivity contribution in [3.63, 3.8) is 0 Å². The second kappa shape index (κ2) is 4.85. The summed E-state index contributed by atoms with van der Waals surface area (Å²) in [5.74, 6) is 2.18. The maximum Gasteiger partial charge on any atom is 0.106 e. The third kappa shape index (κ3) is 2.31. The predicted octanol–water partition coefficient (Wildman–Crippen LogP) is 2.06.